The molecule has 96 valence electrons. The molecule has 1 rings (SSSR count). The zero-order valence-electron chi connectivity index (χ0n) is 10.7. The number of nitrogens with two attached hydrogens (primary N) is 1. The lowest BCUT2D eigenvalue weighted by Gasteiger charge is -2.19. The van der Waals surface area contributed by atoms with E-state index in [1.807, 2.05) is 4.90 Å². The zero-order valence-corrected chi connectivity index (χ0v) is 11.5. The van der Waals surface area contributed by atoms with Crippen molar-refractivity contribution in [1.29, 1.82) is 0 Å². The minimum absolute atomic E-state index is 0. The first-order valence-electron chi connectivity index (χ1n) is 5.92. The number of likely N-dealkylation sites (tertiary alicyclic amines) is 1. The van der Waals surface area contributed by atoms with Crippen LogP contribution >= 0.6 is 12.4 Å². The normalized spacial score (nSPS) is 20.8. The summed E-state index contributed by atoms with van der Waals surface area (Å²) in [4.78, 5) is 13.7. The van der Waals surface area contributed by atoms with E-state index >= 15 is 0 Å². The van der Waals surface area contributed by atoms with Crippen LogP contribution in [0.5, 0.6) is 0 Å². The molecule has 0 aliphatic carbocycles. The Hall–Kier alpha value is -0.280. The number of carbonyl (C=O) groups is 1. The number of hydrogen-bond acceptors (Lipinski definition) is 2. The van der Waals surface area contributed by atoms with E-state index in [1.54, 1.807) is 0 Å². The molecule has 1 fully saturated rings. The lowest BCUT2D eigenvalue weighted by molar-refractivity contribution is -0.130. The second-order valence-electron chi connectivity index (χ2n) is 5.80. The number of amides is 1. The molecule has 0 unspecified atom stereocenters. The van der Waals surface area contributed by atoms with Crippen LogP contribution in [0.2, 0.25) is 0 Å². The van der Waals surface area contributed by atoms with E-state index in [0.717, 1.165) is 32.4 Å². The summed E-state index contributed by atoms with van der Waals surface area (Å²) in [5.41, 5.74) is 6.10. The van der Waals surface area contributed by atoms with Crippen LogP contribution in [0.25, 0.3) is 0 Å². The fourth-order valence-corrected chi connectivity index (χ4v) is 1.94. The maximum Gasteiger partial charge on any atom is 0.222 e. The molecular weight excluding hydrogens is 224 g/mol. The molecule has 1 heterocycles. The standard InChI is InChI=1S/C12H24N2O.ClH/c1-12(2,3)7-4-5-11(15)14-8-6-10(13)9-14;/h10H,4-9,13H2,1-3H3;1H/t10-;/m1./s1. The Kier molecular flexibility index (Phi) is 6.34. The molecule has 0 aromatic heterocycles. The van der Waals surface area contributed by atoms with Crippen molar-refractivity contribution in [3.05, 3.63) is 0 Å². The topological polar surface area (TPSA) is 46.3 Å². The summed E-state index contributed by atoms with van der Waals surface area (Å²) in [5, 5.41) is 0. The van der Waals surface area contributed by atoms with Crippen LogP contribution in [0.3, 0.4) is 0 Å². The Labute approximate surface area is 105 Å². The van der Waals surface area contributed by atoms with Gasteiger partial charge in [0, 0.05) is 25.6 Å². The van der Waals surface area contributed by atoms with Crippen LogP contribution < -0.4 is 5.73 Å². The summed E-state index contributed by atoms with van der Waals surface area (Å²) in [6.07, 6.45) is 3.75. The number of rotatable bonds is 3. The Morgan fingerprint density at radius 3 is 2.50 bits per heavy atom. The van der Waals surface area contributed by atoms with Crippen LogP contribution in [0.1, 0.15) is 46.5 Å². The van der Waals surface area contributed by atoms with Gasteiger partial charge in [-0.2, -0.15) is 0 Å². The molecule has 1 aliphatic rings. The first-order chi connectivity index (χ1) is 6.88. The third-order valence-electron chi connectivity index (χ3n) is 2.89. The number of halogens is 1. The average Bonchev–Trinajstić information content (AvgIpc) is 2.49. The second kappa shape index (κ2) is 6.45. The van der Waals surface area contributed by atoms with Crippen molar-refractivity contribution >= 4 is 18.3 Å². The van der Waals surface area contributed by atoms with Crippen LogP contribution in [0.4, 0.5) is 0 Å². The van der Waals surface area contributed by atoms with Crippen molar-refractivity contribution in [2.75, 3.05) is 13.1 Å². The van der Waals surface area contributed by atoms with Crippen molar-refractivity contribution in [2.24, 2.45) is 11.1 Å². The Morgan fingerprint density at radius 1 is 1.44 bits per heavy atom. The van der Waals surface area contributed by atoms with Crippen LogP contribution in [0.15, 0.2) is 0 Å². The molecule has 0 aromatic rings. The van der Waals surface area contributed by atoms with Crippen LogP contribution in [-0.4, -0.2) is 29.9 Å². The van der Waals surface area contributed by atoms with Gasteiger partial charge in [-0.1, -0.05) is 20.8 Å². The van der Waals surface area contributed by atoms with Gasteiger partial charge < -0.3 is 10.6 Å². The first-order valence-corrected chi connectivity index (χ1v) is 5.92. The third kappa shape index (κ3) is 5.71. The molecule has 1 aliphatic heterocycles. The lowest BCUT2D eigenvalue weighted by Crippen LogP contribution is -2.31. The van der Waals surface area contributed by atoms with Crippen molar-refractivity contribution in [1.82, 2.24) is 4.90 Å². The van der Waals surface area contributed by atoms with Gasteiger partial charge in [-0.15, -0.1) is 12.4 Å². The fraction of sp³-hybridized carbons (Fsp3) is 0.917. The molecule has 0 bridgehead atoms. The van der Waals surface area contributed by atoms with E-state index in [1.165, 1.54) is 0 Å². The zero-order chi connectivity index (χ0) is 11.5. The van der Waals surface area contributed by atoms with E-state index in [2.05, 4.69) is 20.8 Å². The summed E-state index contributed by atoms with van der Waals surface area (Å²) in [7, 11) is 0. The second-order valence-corrected chi connectivity index (χ2v) is 5.80. The van der Waals surface area contributed by atoms with Gasteiger partial charge in [0.2, 0.25) is 5.91 Å². The number of nitrogens with zero attached hydrogens (tertiary/aromatic N) is 1. The third-order valence-corrected chi connectivity index (χ3v) is 2.89. The van der Waals surface area contributed by atoms with E-state index in [9.17, 15) is 4.79 Å². The van der Waals surface area contributed by atoms with Gasteiger partial charge in [0.05, 0.1) is 0 Å². The first kappa shape index (κ1) is 15.7. The summed E-state index contributed by atoms with van der Waals surface area (Å²) < 4.78 is 0. The lowest BCUT2D eigenvalue weighted by atomic mass is 9.90. The Balaban J connectivity index is 0.00000225. The molecule has 16 heavy (non-hydrogen) atoms. The molecule has 0 radical (unpaired) electrons. The number of hydrogen-bond donors (Lipinski definition) is 1. The van der Waals surface area contributed by atoms with E-state index in [-0.39, 0.29) is 24.4 Å². The smallest absolute Gasteiger partial charge is 0.222 e. The minimum Gasteiger partial charge on any atom is -0.341 e. The van der Waals surface area contributed by atoms with Crippen LogP contribution in [0, 0.1) is 5.41 Å². The molecule has 0 spiro atoms. The van der Waals surface area contributed by atoms with E-state index < -0.39 is 0 Å². The molecule has 1 atom stereocenters. The highest BCUT2D eigenvalue weighted by Crippen LogP contribution is 2.22. The molecule has 3 nitrogen and oxygen atoms in total. The summed E-state index contributed by atoms with van der Waals surface area (Å²) in [6.45, 7) is 8.25. The van der Waals surface area contributed by atoms with Crippen LogP contribution in [-0.2, 0) is 4.79 Å². The van der Waals surface area contributed by atoms with E-state index in [0.29, 0.717) is 11.8 Å². The largest absolute Gasteiger partial charge is 0.341 e. The summed E-state index contributed by atoms with van der Waals surface area (Å²) in [6, 6.07) is 0.205. The molecule has 0 saturated carbocycles. The highest BCUT2D eigenvalue weighted by atomic mass is 35.5. The van der Waals surface area contributed by atoms with Gasteiger partial charge in [-0.3, -0.25) is 4.79 Å². The van der Waals surface area contributed by atoms with Gasteiger partial charge in [-0.05, 0) is 24.7 Å². The SMILES string of the molecule is CC(C)(C)CCCC(=O)N1CC[C@@H](N)C1.Cl. The Bertz CT molecular complexity index is 226. The van der Waals surface area contributed by atoms with Crippen molar-refractivity contribution < 1.29 is 4.79 Å². The van der Waals surface area contributed by atoms with Crippen molar-refractivity contribution in [3.8, 4) is 0 Å². The summed E-state index contributed by atoms with van der Waals surface area (Å²) >= 11 is 0. The van der Waals surface area contributed by atoms with Crippen molar-refractivity contribution in [2.45, 2.75) is 52.5 Å². The quantitative estimate of drug-likeness (QED) is 0.832. The van der Waals surface area contributed by atoms with Gasteiger partial charge in [0.25, 0.3) is 0 Å². The monoisotopic (exact) mass is 248 g/mol. The number of carbonyl (C=O) groups excluding carboxylic acids is 1. The highest BCUT2D eigenvalue weighted by Gasteiger charge is 2.23. The van der Waals surface area contributed by atoms with Gasteiger partial charge in [-0.25, -0.2) is 0 Å². The molecule has 0 aromatic carbocycles. The fourth-order valence-electron chi connectivity index (χ4n) is 1.94. The predicted molar refractivity (Wildman–Crippen MR) is 69.7 cm³/mol. The summed E-state index contributed by atoms with van der Waals surface area (Å²) in [5.74, 6) is 0.284. The molecular formula is C12H25ClN2O. The van der Waals surface area contributed by atoms with Gasteiger partial charge in [0.1, 0.15) is 0 Å². The van der Waals surface area contributed by atoms with Crippen molar-refractivity contribution in [3.63, 3.8) is 0 Å². The molecule has 1 amide bonds. The van der Waals surface area contributed by atoms with E-state index in [4.69, 9.17) is 5.73 Å². The molecule has 4 heteroatoms. The van der Waals surface area contributed by atoms with Gasteiger partial charge in [0.15, 0.2) is 0 Å². The maximum absolute atomic E-state index is 11.7. The Morgan fingerprint density at radius 2 is 2.06 bits per heavy atom. The maximum atomic E-state index is 11.7. The van der Waals surface area contributed by atoms with Gasteiger partial charge >= 0.3 is 0 Å². The predicted octanol–water partition coefficient (Wildman–Crippen LogP) is 2.18. The average molecular weight is 249 g/mol. The molecule has 2 N–H and O–H groups in total. The minimum atomic E-state index is 0. The molecule has 1 saturated heterocycles. The highest BCUT2D eigenvalue weighted by molar-refractivity contribution is 5.85.